The first-order valence-electron chi connectivity index (χ1n) is 14.6. The number of thiocarbonyl (C=S) groups is 1. The molecule has 2 heterocycles. The number of urea groups is 1. The quantitative estimate of drug-likeness (QED) is 0.244. The summed E-state index contributed by atoms with van der Waals surface area (Å²) in [6.45, 7) is 4.11. The number of nitrogens with one attached hydrogen (secondary N) is 3. The molecule has 0 aliphatic carbocycles. The van der Waals surface area contributed by atoms with Crippen LogP contribution in [0.15, 0.2) is 97.1 Å². The van der Waals surface area contributed by atoms with Crippen LogP contribution < -0.4 is 16.0 Å². The first-order valence-corrected chi connectivity index (χ1v) is 15.0. The zero-order chi connectivity index (χ0) is 28.0. The Bertz CT molecular complexity index is 1510. The van der Waals surface area contributed by atoms with Crippen LogP contribution in [0.4, 0.5) is 10.5 Å². The monoisotopic (exact) mass is 563 g/mol. The van der Waals surface area contributed by atoms with E-state index in [1.807, 2.05) is 30.3 Å². The number of para-hydroxylation sites is 1. The molecule has 0 unspecified atom stereocenters. The smallest absolute Gasteiger partial charge is 0.319 e. The fourth-order valence-electron chi connectivity index (χ4n) is 6.13. The standard InChI is InChI=1S/C34H37N5OS/c40-33(37-30-13-2-1-3-14-30)35-22-32-20-28-11-6-7-12-29(28)24-39(32)34(41)36-21-31-15-8-18-38(31)23-25-16-17-26-9-4-5-10-27(26)19-25/h1-7,9-14,16-17,19,31-32H,8,15,18,20-24H2,(H,36,41)(H2,35,37,40)/t31-,32+/m1/s1. The van der Waals surface area contributed by atoms with Crippen LogP contribution in [-0.2, 0) is 19.5 Å². The van der Waals surface area contributed by atoms with Crippen LogP contribution in [0.5, 0.6) is 0 Å². The third kappa shape index (κ3) is 6.69. The zero-order valence-corrected chi connectivity index (χ0v) is 24.1. The van der Waals surface area contributed by atoms with E-state index < -0.39 is 0 Å². The SMILES string of the molecule is O=C(NC[C@@H]1Cc2ccccc2CN1C(=S)NC[C@H]1CCCN1Cc1ccc2ccccc2c1)Nc1ccccc1. The van der Waals surface area contributed by atoms with Crippen molar-refractivity contribution in [2.75, 3.05) is 25.0 Å². The number of carbonyl (C=O) groups is 1. The number of rotatable bonds is 7. The molecule has 0 saturated carbocycles. The molecule has 41 heavy (non-hydrogen) atoms. The average Bonchev–Trinajstić information content (AvgIpc) is 3.45. The molecule has 0 radical (unpaired) electrons. The van der Waals surface area contributed by atoms with Crippen LogP contribution in [-0.4, -0.2) is 52.7 Å². The van der Waals surface area contributed by atoms with Crippen LogP contribution in [0.2, 0.25) is 0 Å². The summed E-state index contributed by atoms with van der Waals surface area (Å²) >= 11 is 5.99. The fraction of sp³-hybridized carbons (Fsp3) is 0.294. The Kier molecular flexibility index (Phi) is 8.44. The molecule has 2 atom stereocenters. The van der Waals surface area contributed by atoms with E-state index in [-0.39, 0.29) is 12.1 Å². The predicted octanol–water partition coefficient (Wildman–Crippen LogP) is 5.93. The maximum Gasteiger partial charge on any atom is 0.319 e. The highest BCUT2D eigenvalue weighted by molar-refractivity contribution is 7.80. The molecule has 1 saturated heterocycles. The molecule has 0 spiro atoms. The van der Waals surface area contributed by atoms with E-state index >= 15 is 0 Å². The van der Waals surface area contributed by atoms with Gasteiger partial charge in [-0.2, -0.15) is 0 Å². The van der Waals surface area contributed by atoms with Gasteiger partial charge in [-0.25, -0.2) is 4.79 Å². The lowest BCUT2D eigenvalue weighted by atomic mass is 9.94. The third-order valence-electron chi connectivity index (χ3n) is 8.33. The molecule has 7 heteroatoms. The summed E-state index contributed by atoms with van der Waals surface area (Å²) in [6, 6.07) is 33.7. The van der Waals surface area contributed by atoms with Gasteiger partial charge < -0.3 is 20.9 Å². The summed E-state index contributed by atoms with van der Waals surface area (Å²) < 4.78 is 0. The summed E-state index contributed by atoms with van der Waals surface area (Å²) in [7, 11) is 0. The average molecular weight is 564 g/mol. The molecule has 6 rings (SSSR count). The van der Waals surface area contributed by atoms with Gasteiger partial charge in [0.25, 0.3) is 0 Å². The molecule has 6 nitrogen and oxygen atoms in total. The molecule has 2 amide bonds. The normalized spacial score (nSPS) is 18.6. The van der Waals surface area contributed by atoms with Crippen molar-refractivity contribution >= 4 is 39.8 Å². The number of carbonyl (C=O) groups excluding carboxylic acids is 1. The summed E-state index contributed by atoms with van der Waals surface area (Å²) in [6.07, 6.45) is 3.20. The molecule has 0 aromatic heterocycles. The van der Waals surface area contributed by atoms with Gasteiger partial charge in [0.2, 0.25) is 0 Å². The minimum atomic E-state index is -0.204. The van der Waals surface area contributed by atoms with E-state index in [0.717, 1.165) is 49.8 Å². The van der Waals surface area contributed by atoms with Gasteiger partial charge in [0, 0.05) is 37.9 Å². The number of nitrogens with zero attached hydrogens (tertiary/aromatic N) is 2. The molecule has 3 N–H and O–H groups in total. The minimum absolute atomic E-state index is 0.0729. The Morgan fingerprint density at radius 1 is 0.805 bits per heavy atom. The largest absolute Gasteiger partial charge is 0.361 e. The molecule has 0 bridgehead atoms. The Balaban J connectivity index is 1.08. The molecular formula is C34H37N5OS. The molecule has 2 aliphatic rings. The van der Waals surface area contributed by atoms with Gasteiger partial charge in [0.05, 0.1) is 6.04 Å². The Hall–Kier alpha value is -3.94. The highest BCUT2D eigenvalue weighted by Crippen LogP contribution is 2.25. The molecule has 1 fully saturated rings. The third-order valence-corrected chi connectivity index (χ3v) is 8.71. The maximum atomic E-state index is 12.6. The van der Waals surface area contributed by atoms with E-state index in [4.69, 9.17) is 12.2 Å². The van der Waals surface area contributed by atoms with Gasteiger partial charge in [-0.05, 0) is 83.7 Å². The van der Waals surface area contributed by atoms with Crippen molar-refractivity contribution < 1.29 is 4.79 Å². The molecule has 4 aromatic carbocycles. The van der Waals surface area contributed by atoms with Crippen molar-refractivity contribution in [2.45, 2.75) is 44.4 Å². The van der Waals surface area contributed by atoms with Crippen molar-refractivity contribution in [1.29, 1.82) is 0 Å². The second-order valence-electron chi connectivity index (χ2n) is 11.1. The Labute approximate surface area is 247 Å². The summed E-state index contributed by atoms with van der Waals surface area (Å²) in [4.78, 5) is 17.5. The first-order chi connectivity index (χ1) is 20.1. The molecule has 4 aromatic rings. The van der Waals surface area contributed by atoms with Gasteiger partial charge in [-0.1, -0.05) is 78.9 Å². The summed E-state index contributed by atoms with van der Waals surface area (Å²) in [5, 5.41) is 12.9. The van der Waals surface area contributed by atoms with Crippen molar-refractivity contribution in [1.82, 2.24) is 20.4 Å². The molecule has 210 valence electrons. The van der Waals surface area contributed by atoms with Gasteiger partial charge >= 0.3 is 6.03 Å². The van der Waals surface area contributed by atoms with E-state index in [9.17, 15) is 4.79 Å². The molecule has 2 aliphatic heterocycles. The minimum Gasteiger partial charge on any atom is -0.361 e. The van der Waals surface area contributed by atoms with E-state index in [1.54, 1.807) is 0 Å². The second kappa shape index (κ2) is 12.7. The van der Waals surface area contributed by atoms with Crippen LogP contribution in [0.25, 0.3) is 10.8 Å². The van der Waals surface area contributed by atoms with Crippen molar-refractivity contribution in [2.24, 2.45) is 0 Å². The summed E-state index contributed by atoms with van der Waals surface area (Å²) in [5.74, 6) is 0. The second-order valence-corrected chi connectivity index (χ2v) is 11.5. The number of benzene rings is 4. The van der Waals surface area contributed by atoms with Gasteiger partial charge in [0.15, 0.2) is 5.11 Å². The van der Waals surface area contributed by atoms with E-state index in [0.29, 0.717) is 12.6 Å². The van der Waals surface area contributed by atoms with Crippen LogP contribution in [0, 0.1) is 0 Å². The Morgan fingerprint density at radius 2 is 1.54 bits per heavy atom. The fourth-order valence-corrected chi connectivity index (χ4v) is 6.42. The van der Waals surface area contributed by atoms with E-state index in [2.05, 4.69) is 92.5 Å². The van der Waals surface area contributed by atoms with E-state index in [1.165, 1.54) is 33.9 Å². The van der Waals surface area contributed by atoms with Gasteiger partial charge in [-0.15, -0.1) is 0 Å². The van der Waals surface area contributed by atoms with Crippen molar-refractivity contribution in [3.05, 3.63) is 114 Å². The van der Waals surface area contributed by atoms with Crippen LogP contribution >= 0.6 is 12.2 Å². The molecular weight excluding hydrogens is 526 g/mol. The number of amides is 2. The topological polar surface area (TPSA) is 59.6 Å². The maximum absolute atomic E-state index is 12.6. The number of anilines is 1. The lowest BCUT2D eigenvalue weighted by Crippen LogP contribution is -2.54. The zero-order valence-electron chi connectivity index (χ0n) is 23.3. The first kappa shape index (κ1) is 27.2. The number of fused-ring (bicyclic) bond motifs is 2. The van der Waals surface area contributed by atoms with Gasteiger partial charge in [-0.3, -0.25) is 4.90 Å². The number of likely N-dealkylation sites (tertiary alicyclic amines) is 1. The van der Waals surface area contributed by atoms with Gasteiger partial charge in [0.1, 0.15) is 0 Å². The lowest BCUT2D eigenvalue weighted by Gasteiger charge is -2.39. The summed E-state index contributed by atoms with van der Waals surface area (Å²) in [5.41, 5.74) is 4.74. The number of hydrogen-bond donors (Lipinski definition) is 3. The predicted molar refractivity (Wildman–Crippen MR) is 171 cm³/mol. The van der Waals surface area contributed by atoms with Crippen LogP contribution in [0.3, 0.4) is 0 Å². The van der Waals surface area contributed by atoms with Crippen molar-refractivity contribution in [3.63, 3.8) is 0 Å². The van der Waals surface area contributed by atoms with Crippen LogP contribution in [0.1, 0.15) is 29.5 Å². The Morgan fingerprint density at radius 3 is 2.39 bits per heavy atom. The lowest BCUT2D eigenvalue weighted by molar-refractivity contribution is 0.232. The number of hydrogen-bond acceptors (Lipinski definition) is 3. The van der Waals surface area contributed by atoms with Crippen molar-refractivity contribution in [3.8, 4) is 0 Å². The highest BCUT2D eigenvalue weighted by Gasteiger charge is 2.30. The highest BCUT2D eigenvalue weighted by atomic mass is 32.1.